The van der Waals surface area contributed by atoms with Crippen LogP contribution in [0, 0.1) is 0 Å². The molecule has 1 N–H and O–H groups in total. The standard InChI is InChI=1S/C19H22N2OS/c22-19(20-11-8-18-7-4-14-23-18)15-21-12-9-17(10-13-21)16-5-2-1-3-6-16/h1-7,9,14H,8,10-13,15H2,(H,20,22). The average molecular weight is 326 g/mol. The van der Waals surface area contributed by atoms with Gasteiger partial charge in [-0.05, 0) is 35.4 Å². The van der Waals surface area contributed by atoms with Crippen molar-refractivity contribution in [3.8, 4) is 0 Å². The molecule has 120 valence electrons. The molecule has 3 nitrogen and oxygen atoms in total. The predicted octanol–water partition coefficient (Wildman–Crippen LogP) is 3.20. The fraction of sp³-hybridized carbons (Fsp3) is 0.316. The molecule has 0 spiro atoms. The van der Waals surface area contributed by atoms with Gasteiger partial charge in [0.05, 0.1) is 6.54 Å². The average Bonchev–Trinajstić information content (AvgIpc) is 3.10. The summed E-state index contributed by atoms with van der Waals surface area (Å²) in [5.74, 6) is 0.123. The number of carbonyl (C=O) groups excluding carboxylic acids is 1. The monoisotopic (exact) mass is 326 g/mol. The Morgan fingerprint density at radius 1 is 1.17 bits per heavy atom. The maximum atomic E-state index is 12.0. The molecular formula is C19H22N2OS. The van der Waals surface area contributed by atoms with Gasteiger partial charge in [0, 0.05) is 24.5 Å². The van der Waals surface area contributed by atoms with Gasteiger partial charge < -0.3 is 5.32 Å². The Labute approximate surface area is 141 Å². The zero-order valence-corrected chi connectivity index (χ0v) is 14.0. The minimum atomic E-state index is 0.123. The van der Waals surface area contributed by atoms with Gasteiger partial charge >= 0.3 is 0 Å². The first-order chi connectivity index (χ1) is 11.3. The molecule has 0 atom stereocenters. The highest BCUT2D eigenvalue weighted by atomic mass is 32.1. The Kier molecular flexibility index (Phi) is 5.61. The van der Waals surface area contributed by atoms with E-state index in [0.29, 0.717) is 6.54 Å². The van der Waals surface area contributed by atoms with Crippen molar-refractivity contribution in [2.75, 3.05) is 26.2 Å². The van der Waals surface area contributed by atoms with E-state index in [1.54, 1.807) is 11.3 Å². The summed E-state index contributed by atoms with van der Waals surface area (Å²) in [6, 6.07) is 14.6. The molecule has 0 saturated carbocycles. The Morgan fingerprint density at radius 3 is 2.74 bits per heavy atom. The minimum absolute atomic E-state index is 0.123. The van der Waals surface area contributed by atoms with E-state index in [4.69, 9.17) is 0 Å². The normalized spacial score (nSPS) is 15.2. The van der Waals surface area contributed by atoms with E-state index >= 15 is 0 Å². The lowest BCUT2D eigenvalue weighted by atomic mass is 10.00. The van der Waals surface area contributed by atoms with Crippen molar-refractivity contribution in [2.45, 2.75) is 12.8 Å². The molecule has 23 heavy (non-hydrogen) atoms. The van der Waals surface area contributed by atoms with E-state index < -0.39 is 0 Å². The Morgan fingerprint density at radius 2 is 2.04 bits per heavy atom. The largest absolute Gasteiger partial charge is 0.355 e. The highest BCUT2D eigenvalue weighted by Crippen LogP contribution is 2.21. The zero-order valence-electron chi connectivity index (χ0n) is 13.2. The summed E-state index contributed by atoms with van der Waals surface area (Å²) in [5, 5.41) is 5.09. The number of nitrogens with one attached hydrogen (secondary N) is 1. The van der Waals surface area contributed by atoms with Gasteiger partial charge in [-0.3, -0.25) is 9.69 Å². The van der Waals surface area contributed by atoms with Gasteiger partial charge in [0.25, 0.3) is 0 Å². The van der Waals surface area contributed by atoms with Crippen LogP contribution in [0.5, 0.6) is 0 Å². The number of rotatable bonds is 6. The van der Waals surface area contributed by atoms with Crippen molar-refractivity contribution >= 4 is 22.8 Å². The maximum absolute atomic E-state index is 12.0. The molecule has 4 heteroatoms. The second-order valence-electron chi connectivity index (χ2n) is 5.76. The van der Waals surface area contributed by atoms with Crippen LogP contribution in [-0.2, 0) is 11.2 Å². The van der Waals surface area contributed by atoms with Crippen LogP contribution in [0.25, 0.3) is 5.57 Å². The van der Waals surface area contributed by atoms with Crippen molar-refractivity contribution in [3.63, 3.8) is 0 Å². The van der Waals surface area contributed by atoms with Crippen LogP contribution in [0.3, 0.4) is 0 Å². The number of amides is 1. The zero-order chi connectivity index (χ0) is 15.9. The summed E-state index contributed by atoms with van der Waals surface area (Å²) < 4.78 is 0. The summed E-state index contributed by atoms with van der Waals surface area (Å²) in [4.78, 5) is 15.5. The summed E-state index contributed by atoms with van der Waals surface area (Å²) in [7, 11) is 0. The second kappa shape index (κ2) is 8.09. The molecule has 0 bridgehead atoms. The van der Waals surface area contributed by atoms with E-state index in [1.807, 2.05) is 12.1 Å². The number of carbonyl (C=O) groups is 1. The smallest absolute Gasteiger partial charge is 0.234 e. The number of benzene rings is 1. The van der Waals surface area contributed by atoms with Crippen LogP contribution in [-0.4, -0.2) is 37.0 Å². The number of hydrogen-bond donors (Lipinski definition) is 1. The summed E-state index contributed by atoms with van der Waals surface area (Å²) >= 11 is 1.74. The molecule has 0 fully saturated rings. The van der Waals surface area contributed by atoms with Crippen molar-refractivity contribution in [1.82, 2.24) is 10.2 Å². The van der Waals surface area contributed by atoms with Crippen LogP contribution in [0.1, 0.15) is 16.9 Å². The highest BCUT2D eigenvalue weighted by molar-refractivity contribution is 7.09. The van der Waals surface area contributed by atoms with Crippen LogP contribution < -0.4 is 5.32 Å². The first-order valence-corrected chi connectivity index (χ1v) is 8.95. The molecule has 1 aromatic carbocycles. The van der Waals surface area contributed by atoms with Crippen LogP contribution in [0.2, 0.25) is 0 Å². The first kappa shape index (κ1) is 16.0. The molecule has 0 aliphatic carbocycles. The third-order valence-electron chi connectivity index (χ3n) is 4.08. The fourth-order valence-electron chi connectivity index (χ4n) is 2.81. The van der Waals surface area contributed by atoms with Gasteiger partial charge in [-0.25, -0.2) is 0 Å². The summed E-state index contributed by atoms with van der Waals surface area (Å²) in [6.45, 7) is 3.00. The van der Waals surface area contributed by atoms with Crippen LogP contribution >= 0.6 is 11.3 Å². The minimum Gasteiger partial charge on any atom is -0.355 e. The van der Waals surface area contributed by atoms with Crippen LogP contribution in [0.15, 0.2) is 53.9 Å². The molecule has 1 amide bonds. The van der Waals surface area contributed by atoms with E-state index in [1.165, 1.54) is 16.0 Å². The molecule has 0 unspecified atom stereocenters. The van der Waals surface area contributed by atoms with Crippen molar-refractivity contribution in [3.05, 3.63) is 64.4 Å². The lowest BCUT2D eigenvalue weighted by molar-refractivity contribution is -0.122. The topological polar surface area (TPSA) is 32.3 Å². The SMILES string of the molecule is O=C(CN1CC=C(c2ccccc2)CC1)NCCc1cccs1. The molecule has 3 rings (SSSR count). The Balaban J connectivity index is 1.41. The van der Waals surface area contributed by atoms with E-state index in [-0.39, 0.29) is 5.91 Å². The molecule has 0 radical (unpaired) electrons. The Hall–Kier alpha value is -1.91. The lowest BCUT2D eigenvalue weighted by Gasteiger charge is -2.25. The molecule has 2 heterocycles. The number of nitrogens with zero attached hydrogens (tertiary/aromatic N) is 1. The quantitative estimate of drug-likeness (QED) is 0.884. The van der Waals surface area contributed by atoms with Gasteiger partial charge in [-0.15, -0.1) is 11.3 Å². The van der Waals surface area contributed by atoms with Gasteiger partial charge in [0.15, 0.2) is 0 Å². The molecule has 0 saturated heterocycles. The third kappa shape index (κ3) is 4.78. The lowest BCUT2D eigenvalue weighted by Crippen LogP contribution is -2.39. The summed E-state index contributed by atoms with van der Waals surface area (Å²) in [6.07, 6.45) is 4.17. The van der Waals surface area contributed by atoms with E-state index in [2.05, 4.69) is 52.0 Å². The van der Waals surface area contributed by atoms with Crippen LogP contribution in [0.4, 0.5) is 0 Å². The Bertz CT molecular complexity index is 649. The van der Waals surface area contributed by atoms with E-state index in [9.17, 15) is 4.79 Å². The number of hydrogen-bond acceptors (Lipinski definition) is 3. The third-order valence-corrected chi connectivity index (χ3v) is 5.01. The molecule has 1 aliphatic rings. The predicted molar refractivity (Wildman–Crippen MR) is 96.5 cm³/mol. The van der Waals surface area contributed by atoms with E-state index in [0.717, 1.165) is 32.5 Å². The second-order valence-corrected chi connectivity index (χ2v) is 6.79. The summed E-state index contributed by atoms with van der Waals surface area (Å²) in [5.41, 5.74) is 2.69. The molecule has 1 aromatic heterocycles. The van der Waals surface area contributed by atoms with Gasteiger partial charge in [0.1, 0.15) is 0 Å². The molecule has 2 aromatic rings. The van der Waals surface area contributed by atoms with Gasteiger partial charge in [-0.1, -0.05) is 42.5 Å². The van der Waals surface area contributed by atoms with Crippen molar-refractivity contribution < 1.29 is 4.79 Å². The van der Waals surface area contributed by atoms with Gasteiger partial charge in [-0.2, -0.15) is 0 Å². The first-order valence-electron chi connectivity index (χ1n) is 8.07. The highest BCUT2D eigenvalue weighted by Gasteiger charge is 2.15. The van der Waals surface area contributed by atoms with Gasteiger partial charge in [0.2, 0.25) is 5.91 Å². The van der Waals surface area contributed by atoms with Crippen molar-refractivity contribution in [1.29, 1.82) is 0 Å². The molecular weight excluding hydrogens is 304 g/mol. The fourth-order valence-corrected chi connectivity index (χ4v) is 3.52. The van der Waals surface area contributed by atoms with Crippen molar-refractivity contribution in [2.24, 2.45) is 0 Å². The number of thiophene rings is 1. The molecule has 1 aliphatic heterocycles. The maximum Gasteiger partial charge on any atom is 0.234 e.